The molecule has 0 aromatic carbocycles. The van der Waals surface area contributed by atoms with Gasteiger partial charge in [0, 0.05) is 18.8 Å². The highest BCUT2D eigenvalue weighted by atomic mass is 16.1. The largest absolute Gasteiger partial charge is 0.350 e. The Bertz CT molecular complexity index is 569. The molecular formula is C22H36N4O. The maximum Gasteiger partial charge on any atom is 0.224 e. The van der Waals surface area contributed by atoms with Gasteiger partial charge in [-0.3, -0.25) is 14.7 Å². The van der Waals surface area contributed by atoms with Crippen molar-refractivity contribution in [2.24, 2.45) is 11.8 Å². The molecule has 2 aliphatic heterocycles. The lowest BCUT2D eigenvalue weighted by atomic mass is 9.93. The fourth-order valence-electron chi connectivity index (χ4n) is 4.33. The molecule has 3 rings (SSSR count). The van der Waals surface area contributed by atoms with Crippen molar-refractivity contribution >= 4 is 5.91 Å². The van der Waals surface area contributed by atoms with Crippen molar-refractivity contribution in [3.05, 3.63) is 30.1 Å². The van der Waals surface area contributed by atoms with E-state index in [1.807, 2.05) is 18.2 Å². The first kappa shape index (κ1) is 20.3. The third kappa shape index (κ3) is 6.28. The minimum Gasteiger partial charge on any atom is -0.350 e. The lowest BCUT2D eigenvalue weighted by Crippen LogP contribution is -2.50. The van der Waals surface area contributed by atoms with Crippen molar-refractivity contribution in [2.45, 2.75) is 58.5 Å². The van der Waals surface area contributed by atoms with Gasteiger partial charge in [-0.2, -0.15) is 0 Å². The minimum absolute atomic E-state index is 0.126. The standard InChI is InChI=1S/C22H36N4O/c1-18(2)8-13-25-14-9-21(10-15-25)26-12-5-6-19(17-26)22(27)24-16-20-7-3-4-11-23-20/h3-4,7,11,18-19,21H,5-6,8-10,12-17H2,1-2H3,(H,24,27)/t19-/m1/s1. The number of pyridine rings is 1. The molecule has 1 amide bonds. The molecular weight excluding hydrogens is 336 g/mol. The average Bonchev–Trinajstić information content (AvgIpc) is 2.71. The summed E-state index contributed by atoms with van der Waals surface area (Å²) in [5.74, 6) is 1.11. The summed E-state index contributed by atoms with van der Waals surface area (Å²) in [5.41, 5.74) is 0.923. The molecule has 0 radical (unpaired) electrons. The predicted molar refractivity (Wildman–Crippen MR) is 109 cm³/mol. The molecule has 1 N–H and O–H groups in total. The molecule has 150 valence electrons. The van der Waals surface area contributed by atoms with Crippen molar-refractivity contribution in [3.63, 3.8) is 0 Å². The van der Waals surface area contributed by atoms with Crippen LogP contribution in [0.5, 0.6) is 0 Å². The summed E-state index contributed by atoms with van der Waals surface area (Å²) >= 11 is 0. The molecule has 1 aromatic rings. The van der Waals surface area contributed by atoms with Crippen molar-refractivity contribution in [1.82, 2.24) is 20.1 Å². The molecule has 0 saturated carbocycles. The maximum atomic E-state index is 12.6. The van der Waals surface area contributed by atoms with E-state index in [-0.39, 0.29) is 11.8 Å². The fourth-order valence-corrected chi connectivity index (χ4v) is 4.33. The van der Waals surface area contributed by atoms with E-state index in [0.717, 1.165) is 37.5 Å². The van der Waals surface area contributed by atoms with Gasteiger partial charge < -0.3 is 10.2 Å². The van der Waals surface area contributed by atoms with E-state index >= 15 is 0 Å². The first-order valence-electron chi connectivity index (χ1n) is 10.8. The minimum atomic E-state index is 0.126. The van der Waals surface area contributed by atoms with Crippen LogP contribution >= 0.6 is 0 Å². The van der Waals surface area contributed by atoms with Crippen LogP contribution in [-0.2, 0) is 11.3 Å². The number of aromatic nitrogens is 1. The Balaban J connectivity index is 1.42. The molecule has 27 heavy (non-hydrogen) atoms. The number of nitrogens with zero attached hydrogens (tertiary/aromatic N) is 3. The topological polar surface area (TPSA) is 48.5 Å². The molecule has 1 atom stereocenters. The quantitative estimate of drug-likeness (QED) is 0.799. The van der Waals surface area contributed by atoms with Crippen LogP contribution < -0.4 is 5.32 Å². The molecule has 0 aliphatic carbocycles. The first-order valence-corrected chi connectivity index (χ1v) is 10.8. The van der Waals surface area contributed by atoms with Gasteiger partial charge in [-0.25, -0.2) is 0 Å². The van der Waals surface area contributed by atoms with Crippen LogP contribution in [-0.4, -0.2) is 59.5 Å². The molecule has 0 bridgehead atoms. The van der Waals surface area contributed by atoms with Crippen molar-refractivity contribution in [3.8, 4) is 0 Å². The van der Waals surface area contributed by atoms with E-state index in [0.29, 0.717) is 12.6 Å². The van der Waals surface area contributed by atoms with Crippen LogP contribution in [0, 0.1) is 11.8 Å². The van der Waals surface area contributed by atoms with Gasteiger partial charge in [-0.05, 0) is 76.3 Å². The van der Waals surface area contributed by atoms with E-state index in [9.17, 15) is 4.79 Å². The zero-order chi connectivity index (χ0) is 19.1. The lowest BCUT2D eigenvalue weighted by Gasteiger charge is -2.42. The zero-order valence-corrected chi connectivity index (χ0v) is 17.1. The number of piperidine rings is 2. The Labute approximate surface area is 164 Å². The second-order valence-corrected chi connectivity index (χ2v) is 8.63. The predicted octanol–water partition coefficient (Wildman–Crippen LogP) is 2.92. The lowest BCUT2D eigenvalue weighted by molar-refractivity contribution is -0.127. The summed E-state index contributed by atoms with van der Waals surface area (Å²) in [7, 11) is 0. The number of carbonyl (C=O) groups is 1. The monoisotopic (exact) mass is 372 g/mol. The van der Waals surface area contributed by atoms with E-state index in [2.05, 4.69) is 33.9 Å². The van der Waals surface area contributed by atoms with Crippen molar-refractivity contribution < 1.29 is 4.79 Å². The SMILES string of the molecule is CC(C)CCN1CCC(N2CCC[C@@H](C(=O)NCc3ccccn3)C2)CC1. The summed E-state index contributed by atoms with van der Waals surface area (Å²) < 4.78 is 0. The number of amides is 1. The third-order valence-corrected chi connectivity index (χ3v) is 6.09. The van der Waals surface area contributed by atoms with Crippen LogP contribution in [0.15, 0.2) is 24.4 Å². The Morgan fingerprint density at radius 1 is 1.22 bits per heavy atom. The smallest absolute Gasteiger partial charge is 0.224 e. The molecule has 2 aliphatic rings. The van der Waals surface area contributed by atoms with E-state index in [4.69, 9.17) is 0 Å². The van der Waals surface area contributed by atoms with Crippen LogP contribution in [0.2, 0.25) is 0 Å². The second-order valence-electron chi connectivity index (χ2n) is 8.63. The zero-order valence-electron chi connectivity index (χ0n) is 17.1. The Kier molecular flexibility index (Phi) is 7.65. The van der Waals surface area contributed by atoms with E-state index in [1.165, 1.54) is 38.9 Å². The summed E-state index contributed by atoms with van der Waals surface area (Å²) in [4.78, 5) is 22.1. The molecule has 2 fully saturated rings. The maximum absolute atomic E-state index is 12.6. The molecule has 2 saturated heterocycles. The molecule has 0 unspecified atom stereocenters. The third-order valence-electron chi connectivity index (χ3n) is 6.09. The van der Waals surface area contributed by atoms with Crippen LogP contribution in [0.4, 0.5) is 0 Å². The number of hydrogen-bond acceptors (Lipinski definition) is 4. The summed E-state index contributed by atoms with van der Waals surface area (Å²) in [6.45, 7) is 10.9. The molecule has 5 nitrogen and oxygen atoms in total. The van der Waals surface area contributed by atoms with Gasteiger partial charge in [-0.1, -0.05) is 19.9 Å². The normalized spacial score (nSPS) is 22.9. The molecule has 3 heterocycles. The molecule has 5 heteroatoms. The summed E-state index contributed by atoms with van der Waals surface area (Å²) in [5, 5.41) is 3.09. The number of likely N-dealkylation sites (tertiary alicyclic amines) is 2. The Morgan fingerprint density at radius 2 is 2.04 bits per heavy atom. The Morgan fingerprint density at radius 3 is 2.74 bits per heavy atom. The van der Waals surface area contributed by atoms with Gasteiger partial charge in [0.25, 0.3) is 0 Å². The van der Waals surface area contributed by atoms with Gasteiger partial charge in [0.15, 0.2) is 0 Å². The van der Waals surface area contributed by atoms with Gasteiger partial charge >= 0.3 is 0 Å². The van der Waals surface area contributed by atoms with Crippen LogP contribution in [0.1, 0.15) is 51.6 Å². The van der Waals surface area contributed by atoms with E-state index in [1.54, 1.807) is 6.20 Å². The fraction of sp³-hybridized carbons (Fsp3) is 0.727. The molecule has 1 aromatic heterocycles. The highest BCUT2D eigenvalue weighted by Crippen LogP contribution is 2.24. The number of nitrogens with one attached hydrogen (secondary N) is 1. The highest BCUT2D eigenvalue weighted by Gasteiger charge is 2.31. The van der Waals surface area contributed by atoms with Gasteiger partial charge in [0.1, 0.15) is 0 Å². The van der Waals surface area contributed by atoms with Gasteiger partial charge in [0.2, 0.25) is 5.91 Å². The number of hydrogen-bond donors (Lipinski definition) is 1. The second kappa shape index (κ2) is 10.2. The van der Waals surface area contributed by atoms with Crippen LogP contribution in [0.3, 0.4) is 0 Å². The Hall–Kier alpha value is -1.46. The highest BCUT2D eigenvalue weighted by molar-refractivity contribution is 5.78. The van der Waals surface area contributed by atoms with Crippen molar-refractivity contribution in [1.29, 1.82) is 0 Å². The molecule has 0 spiro atoms. The van der Waals surface area contributed by atoms with Gasteiger partial charge in [0.05, 0.1) is 18.2 Å². The average molecular weight is 373 g/mol. The number of rotatable bonds is 7. The number of carbonyl (C=O) groups excluding carboxylic acids is 1. The van der Waals surface area contributed by atoms with Gasteiger partial charge in [-0.15, -0.1) is 0 Å². The summed E-state index contributed by atoms with van der Waals surface area (Å²) in [6, 6.07) is 6.48. The van der Waals surface area contributed by atoms with E-state index < -0.39 is 0 Å². The summed E-state index contributed by atoms with van der Waals surface area (Å²) in [6.07, 6.45) is 7.72. The first-order chi connectivity index (χ1) is 13.1. The van der Waals surface area contributed by atoms with Crippen LogP contribution in [0.25, 0.3) is 0 Å². The van der Waals surface area contributed by atoms with Crippen molar-refractivity contribution in [2.75, 3.05) is 32.7 Å².